The zero-order valence-electron chi connectivity index (χ0n) is 17.9. The number of thiophene rings is 1. The number of nitrogens with zero attached hydrogens (tertiary/aromatic N) is 3. The standard InChI is InChI=1S/C21H29N5O3S/c1-14(2)7-9-23-20(29)21(3)13-26-17(19(28)25(21)4)12-16(24-26)18(27)22-10-8-15-6-5-11-30-15/h5-6,11-12,14H,7-10,13H2,1-4H3,(H,22,27)(H,23,29). The van der Waals surface area contributed by atoms with Crippen LogP contribution < -0.4 is 10.6 Å². The average molecular weight is 432 g/mol. The van der Waals surface area contributed by atoms with Crippen LogP contribution in [0.3, 0.4) is 0 Å². The summed E-state index contributed by atoms with van der Waals surface area (Å²) in [5.41, 5.74) is -0.573. The van der Waals surface area contributed by atoms with E-state index in [0.29, 0.717) is 24.7 Å². The number of hydrogen-bond acceptors (Lipinski definition) is 5. The van der Waals surface area contributed by atoms with Crippen molar-refractivity contribution in [2.75, 3.05) is 20.1 Å². The Bertz CT molecular complexity index is 921. The van der Waals surface area contributed by atoms with Gasteiger partial charge in [-0.1, -0.05) is 19.9 Å². The fraction of sp³-hybridized carbons (Fsp3) is 0.524. The molecule has 1 aliphatic rings. The van der Waals surface area contributed by atoms with Gasteiger partial charge in [-0.25, -0.2) is 0 Å². The normalized spacial score (nSPS) is 18.4. The highest BCUT2D eigenvalue weighted by Gasteiger charge is 2.46. The quantitative estimate of drug-likeness (QED) is 0.667. The van der Waals surface area contributed by atoms with Crippen LogP contribution in [0.5, 0.6) is 0 Å². The van der Waals surface area contributed by atoms with Crippen molar-refractivity contribution in [3.63, 3.8) is 0 Å². The second kappa shape index (κ2) is 8.99. The van der Waals surface area contributed by atoms with Crippen molar-refractivity contribution in [3.05, 3.63) is 39.8 Å². The van der Waals surface area contributed by atoms with Crippen molar-refractivity contribution in [2.24, 2.45) is 5.92 Å². The second-order valence-electron chi connectivity index (χ2n) is 8.23. The molecule has 8 nitrogen and oxygen atoms in total. The molecule has 3 rings (SSSR count). The maximum Gasteiger partial charge on any atom is 0.272 e. The van der Waals surface area contributed by atoms with E-state index < -0.39 is 5.54 Å². The fourth-order valence-electron chi connectivity index (χ4n) is 3.35. The van der Waals surface area contributed by atoms with E-state index >= 15 is 0 Å². The van der Waals surface area contributed by atoms with E-state index in [1.54, 1.807) is 25.3 Å². The average Bonchev–Trinajstić information content (AvgIpc) is 3.35. The molecule has 1 atom stereocenters. The molecule has 0 fully saturated rings. The Morgan fingerprint density at radius 2 is 2.07 bits per heavy atom. The molecule has 0 aromatic carbocycles. The third-order valence-electron chi connectivity index (χ3n) is 5.47. The van der Waals surface area contributed by atoms with Gasteiger partial charge in [0.05, 0.1) is 6.54 Å². The van der Waals surface area contributed by atoms with Crippen LogP contribution in [0.25, 0.3) is 0 Å². The summed E-state index contributed by atoms with van der Waals surface area (Å²) in [6.07, 6.45) is 1.61. The number of nitrogens with one attached hydrogen (secondary N) is 2. The maximum absolute atomic E-state index is 12.9. The van der Waals surface area contributed by atoms with Crippen molar-refractivity contribution < 1.29 is 14.4 Å². The molecule has 9 heteroatoms. The molecule has 2 aromatic heterocycles. The smallest absolute Gasteiger partial charge is 0.272 e. The lowest BCUT2D eigenvalue weighted by atomic mass is 9.95. The Balaban J connectivity index is 1.68. The van der Waals surface area contributed by atoms with Gasteiger partial charge in [0, 0.05) is 31.1 Å². The summed E-state index contributed by atoms with van der Waals surface area (Å²) >= 11 is 1.64. The topological polar surface area (TPSA) is 96.3 Å². The van der Waals surface area contributed by atoms with Crippen molar-refractivity contribution >= 4 is 29.1 Å². The lowest BCUT2D eigenvalue weighted by Crippen LogP contribution is -2.62. The zero-order valence-corrected chi connectivity index (χ0v) is 18.7. The highest BCUT2D eigenvalue weighted by molar-refractivity contribution is 7.09. The Hall–Kier alpha value is -2.68. The molecule has 2 N–H and O–H groups in total. The summed E-state index contributed by atoms with van der Waals surface area (Å²) in [5.74, 6) is -0.399. The van der Waals surface area contributed by atoms with Crippen LogP contribution in [0.2, 0.25) is 0 Å². The summed E-state index contributed by atoms with van der Waals surface area (Å²) in [7, 11) is 1.61. The molecule has 3 heterocycles. The predicted octanol–water partition coefficient (Wildman–Crippen LogP) is 1.92. The molecule has 0 saturated carbocycles. The molecule has 3 amide bonds. The first-order valence-corrected chi connectivity index (χ1v) is 11.0. The fourth-order valence-corrected chi connectivity index (χ4v) is 4.06. The van der Waals surface area contributed by atoms with E-state index in [1.807, 2.05) is 17.5 Å². The van der Waals surface area contributed by atoms with E-state index in [-0.39, 0.29) is 30.0 Å². The summed E-state index contributed by atoms with van der Waals surface area (Å²) in [5, 5.41) is 12.1. The van der Waals surface area contributed by atoms with Gasteiger partial charge in [-0.2, -0.15) is 5.10 Å². The molecule has 1 aliphatic heterocycles. The summed E-state index contributed by atoms with van der Waals surface area (Å²) in [6, 6.07) is 5.49. The molecule has 2 aromatic rings. The highest BCUT2D eigenvalue weighted by Crippen LogP contribution is 2.26. The third kappa shape index (κ3) is 4.56. The monoisotopic (exact) mass is 431 g/mol. The Morgan fingerprint density at radius 1 is 1.30 bits per heavy atom. The molecular formula is C21H29N5O3S. The minimum atomic E-state index is -1.07. The van der Waals surface area contributed by atoms with Gasteiger partial charge in [0.25, 0.3) is 11.8 Å². The van der Waals surface area contributed by atoms with Gasteiger partial charge >= 0.3 is 0 Å². The molecule has 0 radical (unpaired) electrons. The van der Waals surface area contributed by atoms with Crippen molar-refractivity contribution in [2.45, 2.75) is 45.7 Å². The van der Waals surface area contributed by atoms with E-state index in [9.17, 15) is 14.4 Å². The van der Waals surface area contributed by atoms with Gasteiger partial charge in [-0.15, -0.1) is 11.3 Å². The molecule has 162 valence electrons. The molecule has 0 spiro atoms. The van der Waals surface area contributed by atoms with Crippen LogP contribution in [0.15, 0.2) is 23.6 Å². The largest absolute Gasteiger partial charge is 0.354 e. The minimum Gasteiger partial charge on any atom is -0.354 e. The number of aromatic nitrogens is 2. The van der Waals surface area contributed by atoms with Crippen molar-refractivity contribution in [1.29, 1.82) is 0 Å². The van der Waals surface area contributed by atoms with Gasteiger partial charge in [-0.3, -0.25) is 19.1 Å². The van der Waals surface area contributed by atoms with Crippen LogP contribution >= 0.6 is 11.3 Å². The van der Waals surface area contributed by atoms with Crippen LogP contribution in [-0.2, 0) is 17.8 Å². The van der Waals surface area contributed by atoms with E-state index in [2.05, 4.69) is 29.6 Å². The van der Waals surface area contributed by atoms with Crippen molar-refractivity contribution in [1.82, 2.24) is 25.3 Å². The minimum absolute atomic E-state index is 0.183. The summed E-state index contributed by atoms with van der Waals surface area (Å²) < 4.78 is 1.47. The number of likely N-dealkylation sites (N-methyl/N-ethyl adjacent to an activating group) is 1. The van der Waals surface area contributed by atoms with Gasteiger partial charge in [0.2, 0.25) is 5.91 Å². The lowest BCUT2D eigenvalue weighted by Gasteiger charge is -2.40. The molecular weight excluding hydrogens is 402 g/mol. The third-order valence-corrected chi connectivity index (χ3v) is 6.40. The van der Waals surface area contributed by atoms with Crippen molar-refractivity contribution in [3.8, 4) is 0 Å². The first kappa shape index (κ1) is 22.0. The zero-order chi connectivity index (χ0) is 21.9. The number of rotatable bonds is 8. The lowest BCUT2D eigenvalue weighted by molar-refractivity contribution is -0.132. The number of hydrogen-bond donors (Lipinski definition) is 2. The molecule has 30 heavy (non-hydrogen) atoms. The van der Waals surface area contributed by atoms with E-state index in [4.69, 9.17) is 0 Å². The van der Waals surface area contributed by atoms with Gasteiger partial charge < -0.3 is 15.5 Å². The Morgan fingerprint density at radius 3 is 2.73 bits per heavy atom. The van der Waals surface area contributed by atoms with E-state index in [0.717, 1.165) is 12.8 Å². The first-order valence-electron chi connectivity index (χ1n) is 10.2. The Kier molecular flexibility index (Phi) is 6.60. The predicted molar refractivity (Wildman–Crippen MR) is 116 cm³/mol. The van der Waals surface area contributed by atoms with Gasteiger partial charge in [-0.05, 0) is 37.1 Å². The summed E-state index contributed by atoms with van der Waals surface area (Å²) in [4.78, 5) is 40.8. The van der Waals surface area contributed by atoms with Crippen LogP contribution in [0, 0.1) is 5.92 Å². The molecule has 1 unspecified atom stereocenters. The van der Waals surface area contributed by atoms with Gasteiger partial charge in [0.15, 0.2) is 5.69 Å². The van der Waals surface area contributed by atoms with Crippen LogP contribution in [0.4, 0.5) is 0 Å². The highest BCUT2D eigenvalue weighted by atomic mass is 32.1. The first-order chi connectivity index (χ1) is 14.2. The number of carbonyl (C=O) groups excluding carboxylic acids is 3. The molecule has 0 aliphatic carbocycles. The van der Waals surface area contributed by atoms with Gasteiger partial charge in [0.1, 0.15) is 11.2 Å². The molecule has 0 saturated heterocycles. The number of fused-ring (bicyclic) bond motifs is 1. The van der Waals surface area contributed by atoms with E-state index in [1.165, 1.54) is 20.5 Å². The van der Waals surface area contributed by atoms with Crippen LogP contribution in [-0.4, -0.2) is 58.1 Å². The maximum atomic E-state index is 12.9. The Labute approximate surface area is 180 Å². The molecule has 0 bridgehead atoms. The number of carbonyl (C=O) groups is 3. The second-order valence-corrected chi connectivity index (χ2v) is 9.27. The number of amides is 3. The van der Waals surface area contributed by atoms with Crippen LogP contribution in [0.1, 0.15) is 53.0 Å². The summed E-state index contributed by atoms with van der Waals surface area (Å²) in [6.45, 7) is 7.14. The SMILES string of the molecule is CC(C)CCNC(=O)C1(C)Cn2nc(C(=O)NCCc3cccs3)cc2C(=O)N1C.